The van der Waals surface area contributed by atoms with Crippen molar-refractivity contribution in [3.05, 3.63) is 42.7 Å². The molecule has 0 aliphatic carbocycles. The van der Waals surface area contributed by atoms with Gasteiger partial charge < -0.3 is 9.88 Å². The molecule has 0 radical (unpaired) electrons. The molecule has 3 nitrogen and oxygen atoms in total. The second kappa shape index (κ2) is 7.85. The van der Waals surface area contributed by atoms with Gasteiger partial charge in [-0.3, -0.25) is 0 Å². The van der Waals surface area contributed by atoms with Crippen LogP contribution in [0.25, 0.3) is 11.4 Å². The third-order valence-corrected chi connectivity index (χ3v) is 3.30. The van der Waals surface area contributed by atoms with Gasteiger partial charge in [-0.2, -0.15) is 0 Å². The summed E-state index contributed by atoms with van der Waals surface area (Å²) in [5, 5.41) is 3.49. The number of nitrogens with one attached hydrogen (secondary N) is 1. The van der Waals surface area contributed by atoms with E-state index in [1.54, 1.807) is 0 Å². The fourth-order valence-electron chi connectivity index (χ4n) is 2.26. The lowest BCUT2D eigenvalue weighted by Crippen LogP contribution is -2.20. The molecule has 1 aromatic heterocycles. The van der Waals surface area contributed by atoms with Gasteiger partial charge in [-0.25, -0.2) is 4.98 Å². The number of aryl methyl sites for hydroxylation is 1. The fourth-order valence-corrected chi connectivity index (χ4v) is 2.26. The van der Waals surface area contributed by atoms with Crippen molar-refractivity contribution in [1.82, 2.24) is 14.9 Å². The predicted molar refractivity (Wildman–Crippen MR) is 84.6 cm³/mol. The summed E-state index contributed by atoms with van der Waals surface area (Å²) in [4.78, 5) is 4.47. The van der Waals surface area contributed by atoms with Crippen molar-refractivity contribution < 1.29 is 0 Å². The van der Waals surface area contributed by atoms with Gasteiger partial charge in [-0.1, -0.05) is 44.2 Å². The number of hydrogen-bond donors (Lipinski definition) is 1. The third-order valence-electron chi connectivity index (χ3n) is 3.30. The van der Waals surface area contributed by atoms with Crippen LogP contribution in [0.4, 0.5) is 0 Å². The summed E-state index contributed by atoms with van der Waals surface area (Å²) in [6.07, 6.45) is 6.35. The summed E-state index contributed by atoms with van der Waals surface area (Å²) in [7, 11) is 0. The van der Waals surface area contributed by atoms with E-state index in [2.05, 4.69) is 59.2 Å². The Hall–Kier alpha value is -1.61. The van der Waals surface area contributed by atoms with Crippen molar-refractivity contribution in [2.24, 2.45) is 5.92 Å². The van der Waals surface area contributed by atoms with E-state index in [0.29, 0.717) is 0 Å². The second-order valence-corrected chi connectivity index (χ2v) is 5.62. The van der Waals surface area contributed by atoms with E-state index >= 15 is 0 Å². The zero-order chi connectivity index (χ0) is 14.2. The van der Waals surface area contributed by atoms with Crippen LogP contribution in [-0.4, -0.2) is 22.6 Å². The summed E-state index contributed by atoms with van der Waals surface area (Å²) in [5.74, 6) is 1.80. The molecule has 0 aliphatic rings. The zero-order valence-electron chi connectivity index (χ0n) is 12.5. The lowest BCUT2D eigenvalue weighted by Gasteiger charge is -2.09. The van der Waals surface area contributed by atoms with Crippen LogP contribution in [0.15, 0.2) is 42.7 Å². The molecule has 0 saturated heterocycles. The Balaban J connectivity index is 1.78. The van der Waals surface area contributed by atoms with E-state index in [1.807, 2.05) is 12.3 Å². The highest BCUT2D eigenvalue weighted by molar-refractivity contribution is 5.54. The Kier molecular flexibility index (Phi) is 5.81. The van der Waals surface area contributed by atoms with Crippen molar-refractivity contribution in [1.29, 1.82) is 0 Å². The first-order valence-corrected chi connectivity index (χ1v) is 7.54. The quantitative estimate of drug-likeness (QED) is 0.744. The van der Waals surface area contributed by atoms with Gasteiger partial charge >= 0.3 is 0 Å². The lowest BCUT2D eigenvalue weighted by molar-refractivity contribution is 0.520. The normalized spacial score (nSPS) is 11.2. The number of aromatic nitrogens is 2. The first kappa shape index (κ1) is 14.8. The predicted octanol–water partition coefficient (Wildman–Crippen LogP) is 3.58. The highest BCUT2D eigenvalue weighted by Crippen LogP contribution is 2.17. The van der Waals surface area contributed by atoms with Crippen LogP contribution in [-0.2, 0) is 6.54 Å². The first-order valence-electron chi connectivity index (χ1n) is 7.54. The monoisotopic (exact) mass is 271 g/mol. The van der Waals surface area contributed by atoms with Crippen molar-refractivity contribution in [2.75, 3.05) is 13.1 Å². The van der Waals surface area contributed by atoms with E-state index in [-0.39, 0.29) is 0 Å². The number of benzene rings is 1. The molecule has 108 valence electrons. The molecule has 0 fully saturated rings. The minimum absolute atomic E-state index is 0.730. The van der Waals surface area contributed by atoms with Gasteiger partial charge in [0.15, 0.2) is 0 Å². The third kappa shape index (κ3) is 4.49. The molecule has 0 spiro atoms. The molecule has 3 heteroatoms. The van der Waals surface area contributed by atoms with Crippen LogP contribution in [0, 0.1) is 5.92 Å². The van der Waals surface area contributed by atoms with Crippen LogP contribution in [0.1, 0.15) is 26.7 Å². The summed E-state index contributed by atoms with van der Waals surface area (Å²) in [6, 6.07) is 10.4. The molecule has 2 aromatic rings. The average molecular weight is 271 g/mol. The molecule has 0 amide bonds. The van der Waals surface area contributed by atoms with E-state index in [9.17, 15) is 0 Å². The molecule has 20 heavy (non-hydrogen) atoms. The second-order valence-electron chi connectivity index (χ2n) is 5.62. The summed E-state index contributed by atoms with van der Waals surface area (Å²) in [5.41, 5.74) is 1.19. The van der Waals surface area contributed by atoms with Gasteiger partial charge in [0.1, 0.15) is 5.82 Å². The van der Waals surface area contributed by atoms with Crippen molar-refractivity contribution in [2.45, 2.75) is 33.2 Å². The minimum atomic E-state index is 0.730. The Morgan fingerprint density at radius 1 is 1.15 bits per heavy atom. The number of rotatable bonds is 8. The fraction of sp³-hybridized carbons (Fsp3) is 0.471. The standard InChI is InChI=1S/C17H25N3/c1-15(2)14-18-10-6-7-12-20-13-11-19-17(20)16-8-4-3-5-9-16/h3-5,8-9,11,13,15,18H,6-7,10,12,14H2,1-2H3. The number of imidazole rings is 1. The minimum Gasteiger partial charge on any atom is -0.331 e. The van der Waals surface area contributed by atoms with Gasteiger partial charge in [0.25, 0.3) is 0 Å². The largest absolute Gasteiger partial charge is 0.331 e. The smallest absolute Gasteiger partial charge is 0.139 e. The highest BCUT2D eigenvalue weighted by Gasteiger charge is 2.04. The first-order chi connectivity index (χ1) is 9.77. The topological polar surface area (TPSA) is 29.9 Å². The van der Waals surface area contributed by atoms with Crippen LogP contribution in [0.3, 0.4) is 0 Å². The molecule has 0 bridgehead atoms. The van der Waals surface area contributed by atoms with Crippen LogP contribution in [0.5, 0.6) is 0 Å². The SMILES string of the molecule is CC(C)CNCCCCn1ccnc1-c1ccccc1. The van der Waals surface area contributed by atoms with Gasteiger partial charge in [-0.15, -0.1) is 0 Å². The maximum atomic E-state index is 4.47. The maximum absolute atomic E-state index is 4.47. The van der Waals surface area contributed by atoms with Crippen LogP contribution in [0.2, 0.25) is 0 Å². The molecule has 1 N–H and O–H groups in total. The number of hydrogen-bond acceptors (Lipinski definition) is 2. The molecule has 1 aromatic carbocycles. The van der Waals surface area contributed by atoms with E-state index in [1.165, 1.54) is 18.4 Å². The van der Waals surface area contributed by atoms with E-state index < -0.39 is 0 Å². The average Bonchev–Trinajstić information content (AvgIpc) is 2.92. The molecular weight excluding hydrogens is 246 g/mol. The lowest BCUT2D eigenvalue weighted by atomic mass is 10.2. The Morgan fingerprint density at radius 3 is 2.70 bits per heavy atom. The molecule has 0 atom stereocenters. The van der Waals surface area contributed by atoms with Crippen LogP contribution < -0.4 is 5.32 Å². The molecule has 0 aliphatic heterocycles. The summed E-state index contributed by atoms with van der Waals surface area (Å²) < 4.78 is 2.25. The Labute approximate surface area is 122 Å². The van der Waals surface area contributed by atoms with Crippen molar-refractivity contribution >= 4 is 0 Å². The Morgan fingerprint density at radius 2 is 1.95 bits per heavy atom. The summed E-state index contributed by atoms with van der Waals surface area (Å²) >= 11 is 0. The maximum Gasteiger partial charge on any atom is 0.139 e. The summed E-state index contributed by atoms with van der Waals surface area (Å²) in [6.45, 7) is 7.73. The van der Waals surface area contributed by atoms with Gasteiger partial charge in [0, 0.05) is 24.5 Å². The van der Waals surface area contributed by atoms with E-state index in [4.69, 9.17) is 0 Å². The Bertz CT molecular complexity index is 488. The van der Waals surface area contributed by atoms with Crippen molar-refractivity contribution in [3.8, 4) is 11.4 Å². The molecule has 0 saturated carbocycles. The van der Waals surface area contributed by atoms with Crippen LogP contribution >= 0.6 is 0 Å². The van der Waals surface area contributed by atoms with Crippen molar-refractivity contribution in [3.63, 3.8) is 0 Å². The highest BCUT2D eigenvalue weighted by atomic mass is 15.1. The molecule has 2 rings (SSSR count). The molecule has 0 unspecified atom stereocenters. The zero-order valence-corrected chi connectivity index (χ0v) is 12.5. The van der Waals surface area contributed by atoms with E-state index in [0.717, 1.165) is 31.4 Å². The van der Waals surface area contributed by atoms with Gasteiger partial charge in [0.05, 0.1) is 0 Å². The van der Waals surface area contributed by atoms with Gasteiger partial charge in [-0.05, 0) is 31.8 Å². The number of unbranched alkanes of at least 4 members (excludes halogenated alkanes) is 1. The molecule has 1 heterocycles. The van der Waals surface area contributed by atoms with Gasteiger partial charge in [0.2, 0.25) is 0 Å². The molecular formula is C17H25N3. The number of nitrogens with zero attached hydrogens (tertiary/aromatic N) is 2.